The van der Waals surface area contributed by atoms with Gasteiger partial charge >= 0.3 is 5.69 Å². The van der Waals surface area contributed by atoms with Gasteiger partial charge in [0.15, 0.2) is 0 Å². The average Bonchev–Trinajstić information content (AvgIpc) is 2.37. The quantitative estimate of drug-likeness (QED) is 0.760. The maximum atomic E-state index is 11.8. The predicted octanol–water partition coefficient (Wildman–Crippen LogP) is -0.118. The Hall–Kier alpha value is -2.04. The van der Waals surface area contributed by atoms with Crippen LogP contribution in [-0.4, -0.2) is 17.4 Å². The normalized spacial score (nSPS) is 10.5. The molecule has 0 bridgehead atoms. The third-order valence-electron chi connectivity index (χ3n) is 2.89. The van der Waals surface area contributed by atoms with Gasteiger partial charge in [0, 0.05) is 12.2 Å². The summed E-state index contributed by atoms with van der Waals surface area (Å²) in [5.41, 5.74) is 0.751. The molecule has 90 valence electrons. The Labute approximate surface area is 106 Å². The number of nitrogens with zero attached hydrogens (tertiary/aromatic N) is 1. The summed E-state index contributed by atoms with van der Waals surface area (Å²) < 4.78 is 1.13. The van der Waals surface area contributed by atoms with Gasteiger partial charge < -0.3 is 4.98 Å². The summed E-state index contributed by atoms with van der Waals surface area (Å²) in [5, 5.41) is 0. The first-order chi connectivity index (χ1) is 8.59. The highest BCUT2D eigenvalue weighted by Crippen LogP contribution is 1.99. The summed E-state index contributed by atoms with van der Waals surface area (Å²) in [6.45, 7) is 1.93. The van der Waals surface area contributed by atoms with E-state index in [0.717, 1.165) is 10.1 Å². The molecule has 0 saturated carbocycles. The Kier molecular flexibility index (Phi) is 3.51. The molecule has 0 aliphatic heterocycles. The van der Waals surface area contributed by atoms with E-state index in [2.05, 4.69) is 4.98 Å². The van der Waals surface area contributed by atoms with Crippen LogP contribution in [0.2, 0.25) is 0 Å². The van der Waals surface area contributed by atoms with E-state index in [-0.39, 0.29) is 5.46 Å². The third kappa shape index (κ3) is 2.45. The summed E-state index contributed by atoms with van der Waals surface area (Å²) in [6, 6.07) is 9.68. The second-order valence-corrected chi connectivity index (χ2v) is 4.16. The molecule has 0 aliphatic carbocycles. The second-order valence-electron chi connectivity index (χ2n) is 4.16. The van der Waals surface area contributed by atoms with E-state index in [0.29, 0.717) is 18.7 Å². The van der Waals surface area contributed by atoms with Crippen molar-refractivity contribution in [1.29, 1.82) is 0 Å². The standard InChI is InChI=1S/C13H13BN2O2/c1-9-11(14)12(17)16(13(18)15-9)8-7-10-5-3-2-4-6-10/h2-6H,7-8H2,1H3,(H,15,18). The van der Waals surface area contributed by atoms with Crippen molar-refractivity contribution < 1.29 is 0 Å². The van der Waals surface area contributed by atoms with Gasteiger partial charge in [-0.3, -0.25) is 9.36 Å². The first-order valence-corrected chi connectivity index (χ1v) is 5.72. The van der Waals surface area contributed by atoms with Crippen molar-refractivity contribution in [1.82, 2.24) is 9.55 Å². The monoisotopic (exact) mass is 240 g/mol. The van der Waals surface area contributed by atoms with Gasteiger partial charge in [-0.25, -0.2) is 4.79 Å². The molecule has 18 heavy (non-hydrogen) atoms. The minimum absolute atomic E-state index is 0.0997. The average molecular weight is 240 g/mol. The lowest BCUT2D eigenvalue weighted by Crippen LogP contribution is -2.46. The zero-order chi connectivity index (χ0) is 13.1. The van der Waals surface area contributed by atoms with Crippen LogP contribution in [0.3, 0.4) is 0 Å². The zero-order valence-corrected chi connectivity index (χ0v) is 10.1. The van der Waals surface area contributed by atoms with E-state index in [1.54, 1.807) is 6.92 Å². The van der Waals surface area contributed by atoms with Gasteiger partial charge in [-0.2, -0.15) is 0 Å². The van der Waals surface area contributed by atoms with Gasteiger partial charge in [-0.15, -0.1) is 0 Å². The van der Waals surface area contributed by atoms with Crippen molar-refractivity contribution in [2.24, 2.45) is 0 Å². The number of hydrogen-bond acceptors (Lipinski definition) is 2. The number of aromatic nitrogens is 2. The van der Waals surface area contributed by atoms with Gasteiger partial charge in [-0.1, -0.05) is 30.3 Å². The van der Waals surface area contributed by atoms with Gasteiger partial charge in [0.1, 0.15) is 7.85 Å². The minimum atomic E-state index is -0.424. The molecule has 0 amide bonds. The molecule has 2 rings (SSSR count). The Morgan fingerprint density at radius 1 is 1.22 bits per heavy atom. The Morgan fingerprint density at radius 2 is 1.89 bits per heavy atom. The van der Waals surface area contributed by atoms with E-state index in [4.69, 9.17) is 7.85 Å². The van der Waals surface area contributed by atoms with E-state index in [1.807, 2.05) is 30.3 Å². The number of nitrogens with one attached hydrogen (secondary N) is 1. The van der Waals surface area contributed by atoms with Crippen molar-refractivity contribution in [3.8, 4) is 0 Å². The first kappa shape index (κ1) is 12.4. The van der Waals surface area contributed by atoms with E-state index >= 15 is 0 Å². The third-order valence-corrected chi connectivity index (χ3v) is 2.89. The lowest BCUT2D eigenvalue weighted by Gasteiger charge is -2.07. The van der Waals surface area contributed by atoms with Crippen LogP contribution in [-0.2, 0) is 13.0 Å². The first-order valence-electron chi connectivity index (χ1n) is 5.72. The van der Waals surface area contributed by atoms with Crippen LogP contribution in [0.5, 0.6) is 0 Å². The highest BCUT2D eigenvalue weighted by molar-refractivity contribution is 6.32. The number of rotatable bonds is 3. The molecular weight excluding hydrogens is 227 g/mol. The molecular formula is C13H13BN2O2. The maximum absolute atomic E-state index is 11.8. The summed E-state index contributed by atoms with van der Waals surface area (Å²) in [7, 11) is 5.62. The van der Waals surface area contributed by atoms with Gasteiger partial charge in [0.05, 0.1) is 0 Å². The SMILES string of the molecule is [B]c1c(C)[nH]c(=O)n(CCc2ccccc2)c1=O. The van der Waals surface area contributed by atoms with Crippen LogP contribution in [0.1, 0.15) is 11.3 Å². The van der Waals surface area contributed by atoms with Gasteiger partial charge in [0.2, 0.25) is 5.56 Å². The summed E-state index contributed by atoms with van der Waals surface area (Å²) in [4.78, 5) is 26.1. The van der Waals surface area contributed by atoms with Crippen molar-refractivity contribution >= 4 is 13.3 Å². The molecule has 1 heterocycles. The number of benzene rings is 1. The Bertz CT molecular complexity index is 659. The molecule has 1 aromatic carbocycles. The van der Waals surface area contributed by atoms with Crippen molar-refractivity contribution in [3.63, 3.8) is 0 Å². The molecule has 0 atom stereocenters. The molecule has 2 radical (unpaired) electrons. The van der Waals surface area contributed by atoms with Crippen molar-refractivity contribution in [2.75, 3.05) is 0 Å². The lowest BCUT2D eigenvalue weighted by atomic mass is 9.96. The van der Waals surface area contributed by atoms with Crippen molar-refractivity contribution in [2.45, 2.75) is 19.9 Å². The van der Waals surface area contributed by atoms with E-state index in [1.165, 1.54) is 0 Å². The number of aromatic amines is 1. The van der Waals surface area contributed by atoms with Crippen LogP contribution in [0, 0.1) is 6.92 Å². The van der Waals surface area contributed by atoms with Crippen LogP contribution >= 0.6 is 0 Å². The Balaban J connectivity index is 2.28. The zero-order valence-electron chi connectivity index (χ0n) is 10.1. The van der Waals surface area contributed by atoms with Crippen LogP contribution in [0.4, 0.5) is 0 Å². The smallest absolute Gasteiger partial charge is 0.312 e. The highest BCUT2D eigenvalue weighted by Gasteiger charge is 2.06. The molecule has 0 spiro atoms. The van der Waals surface area contributed by atoms with Crippen LogP contribution in [0.15, 0.2) is 39.9 Å². The van der Waals surface area contributed by atoms with Crippen LogP contribution in [0.25, 0.3) is 0 Å². The van der Waals surface area contributed by atoms with Gasteiger partial charge in [0.25, 0.3) is 0 Å². The Morgan fingerprint density at radius 3 is 2.56 bits per heavy atom. The molecule has 1 N–H and O–H groups in total. The fourth-order valence-electron chi connectivity index (χ4n) is 1.78. The molecule has 0 aliphatic rings. The summed E-state index contributed by atoms with van der Waals surface area (Å²) in [5.74, 6) is 0. The number of H-pyrrole nitrogens is 1. The molecule has 5 heteroatoms. The minimum Gasteiger partial charge on any atom is -0.312 e. The van der Waals surface area contributed by atoms with Crippen molar-refractivity contribution in [3.05, 3.63) is 62.4 Å². The fraction of sp³-hybridized carbons (Fsp3) is 0.231. The number of hydrogen-bond donors (Lipinski definition) is 1. The molecule has 1 aromatic heterocycles. The molecule has 0 fully saturated rings. The summed E-state index contributed by atoms with van der Waals surface area (Å²) in [6.07, 6.45) is 0.617. The molecule has 0 unspecified atom stereocenters. The van der Waals surface area contributed by atoms with Crippen LogP contribution < -0.4 is 16.7 Å². The van der Waals surface area contributed by atoms with Gasteiger partial charge in [-0.05, 0) is 24.4 Å². The van der Waals surface area contributed by atoms with E-state index < -0.39 is 11.2 Å². The number of aryl methyl sites for hydroxylation is 2. The lowest BCUT2D eigenvalue weighted by molar-refractivity contribution is 0.628. The predicted molar refractivity (Wildman–Crippen MR) is 71.6 cm³/mol. The molecule has 2 aromatic rings. The largest absolute Gasteiger partial charge is 0.328 e. The topological polar surface area (TPSA) is 54.9 Å². The fourth-order valence-corrected chi connectivity index (χ4v) is 1.78. The van der Waals surface area contributed by atoms with E-state index in [9.17, 15) is 9.59 Å². The summed E-state index contributed by atoms with van der Waals surface area (Å²) >= 11 is 0. The molecule has 0 saturated heterocycles. The second kappa shape index (κ2) is 5.08. The molecule has 4 nitrogen and oxygen atoms in total. The highest BCUT2D eigenvalue weighted by atomic mass is 16.2. The maximum Gasteiger partial charge on any atom is 0.328 e.